The Bertz CT molecular complexity index is 914. The predicted molar refractivity (Wildman–Crippen MR) is 132 cm³/mol. The molecule has 1 N–H and O–H groups in total. The Labute approximate surface area is 199 Å². The van der Waals surface area contributed by atoms with Crippen molar-refractivity contribution in [1.29, 1.82) is 0 Å². The van der Waals surface area contributed by atoms with Crippen LogP contribution in [0.4, 0.5) is 0 Å². The van der Waals surface area contributed by atoms with Crippen molar-refractivity contribution in [3.8, 4) is 0 Å². The van der Waals surface area contributed by atoms with Crippen molar-refractivity contribution in [2.24, 2.45) is 0 Å². The van der Waals surface area contributed by atoms with E-state index in [1.54, 1.807) is 41.8 Å². The van der Waals surface area contributed by atoms with Crippen LogP contribution in [-0.2, 0) is 21.9 Å². The van der Waals surface area contributed by atoms with E-state index in [9.17, 15) is 9.59 Å². The first-order valence-corrected chi connectivity index (χ1v) is 12.2. The summed E-state index contributed by atoms with van der Waals surface area (Å²) in [5.41, 5.74) is 4.36. The summed E-state index contributed by atoms with van der Waals surface area (Å²) in [5, 5.41) is 3.89. The molecule has 0 aromatic heterocycles. The zero-order valence-corrected chi connectivity index (χ0v) is 21.0. The van der Waals surface area contributed by atoms with Crippen molar-refractivity contribution in [2.45, 2.75) is 59.0 Å². The number of amides is 2. The molecular weight excluding hydrogens is 451 g/mol. The standard InChI is InChI=1S/C24H30Cl2N2O2S/c1-15(2)27-24(30)18(5)28(12-20-6-7-21(25)11-22(20)26)23(29)14-31-13-19-9-16(3)8-17(4)10-19/h6-11,15,18H,12-14H2,1-5H3,(H,27,30). The fourth-order valence-corrected chi connectivity index (χ4v) is 4.63. The molecule has 1 unspecified atom stereocenters. The fraction of sp³-hybridized carbons (Fsp3) is 0.417. The van der Waals surface area contributed by atoms with Crippen LogP contribution in [0.1, 0.15) is 43.0 Å². The number of nitrogens with zero attached hydrogens (tertiary/aromatic N) is 1. The molecule has 31 heavy (non-hydrogen) atoms. The molecule has 2 aromatic rings. The number of rotatable bonds is 9. The van der Waals surface area contributed by atoms with Gasteiger partial charge in [-0.3, -0.25) is 9.59 Å². The average Bonchev–Trinajstić information content (AvgIpc) is 2.65. The molecule has 0 aliphatic rings. The van der Waals surface area contributed by atoms with Crippen molar-refractivity contribution in [1.82, 2.24) is 10.2 Å². The largest absolute Gasteiger partial charge is 0.352 e. The Balaban J connectivity index is 2.13. The number of thioether (sulfide) groups is 1. The predicted octanol–water partition coefficient (Wildman–Crippen LogP) is 5.79. The molecule has 0 radical (unpaired) electrons. The number of benzene rings is 2. The van der Waals surface area contributed by atoms with Crippen molar-refractivity contribution >= 4 is 46.8 Å². The third-order valence-corrected chi connectivity index (χ3v) is 6.31. The summed E-state index contributed by atoms with van der Waals surface area (Å²) < 4.78 is 0. The topological polar surface area (TPSA) is 49.4 Å². The normalized spacial score (nSPS) is 12.0. The molecule has 0 saturated heterocycles. The molecule has 0 aliphatic carbocycles. The number of carbonyl (C=O) groups is 2. The molecule has 2 rings (SSSR count). The third kappa shape index (κ3) is 8.06. The van der Waals surface area contributed by atoms with Gasteiger partial charge in [-0.1, -0.05) is 58.6 Å². The number of hydrogen-bond donors (Lipinski definition) is 1. The third-order valence-electron chi connectivity index (χ3n) is 4.73. The van der Waals surface area contributed by atoms with Gasteiger partial charge in [0.15, 0.2) is 0 Å². The number of halogens is 2. The van der Waals surface area contributed by atoms with Gasteiger partial charge in [-0.05, 0) is 57.9 Å². The van der Waals surface area contributed by atoms with Crippen LogP contribution in [0, 0.1) is 13.8 Å². The van der Waals surface area contributed by atoms with Gasteiger partial charge in [0.1, 0.15) is 6.04 Å². The van der Waals surface area contributed by atoms with E-state index in [0.29, 0.717) is 10.0 Å². The lowest BCUT2D eigenvalue weighted by atomic mass is 10.1. The van der Waals surface area contributed by atoms with E-state index in [0.717, 1.165) is 11.3 Å². The van der Waals surface area contributed by atoms with Crippen LogP contribution in [-0.4, -0.2) is 34.6 Å². The molecule has 0 fully saturated rings. The first kappa shape index (κ1) is 25.6. The highest BCUT2D eigenvalue weighted by Crippen LogP contribution is 2.24. The number of aryl methyl sites for hydroxylation is 2. The van der Waals surface area contributed by atoms with Gasteiger partial charge >= 0.3 is 0 Å². The second kappa shape index (κ2) is 11.8. The summed E-state index contributed by atoms with van der Waals surface area (Å²) in [6.07, 6.45) is 0. The van der Waals surface area contributed by atoms with Gasteiger partial charge in [0, 0.05) is 28.4 Å². The van der Waals surface area contributed by atoms with Gasteiger partial charge in [0.05, 0.1) is 5.75 Å². The van der Waals surface area contributed by atoms with Crippen LogP contribution < -0.4 is 5.32 Å². The monoisotopic (exact) mass is 480 g/mol. The highest BCUT2D eigenvalue weighted by atomic mass is 35.5. The highest BCUT2D eigenvalue weighted by Gasteiger charge is 2.27. The zero-order chi connectivity index (χ0) is 23.1. The van der Waals surface area contributed by atoms with Crippen molar-refractivity contribution in [3.05, 3.63) is 68.7 Å². The SMILES string of the molecule is Cc1cc(C)cc(CSCC(=O)N(Cc2ccc(Cl)cc2Cl)C(C)C(=O)NC(C)C)c1. The van der Waals surface area contributed by atoms with Crippen molar-refractivity contribution < 1.29 is 9.59 Å². The maximum Gasteiger partial charge on any atom is 0.242 e. The van der Waals surface area contributed by atoms with E-state index in [1.807, 2.05) is 13.8 Å². The molecule has 2 amide bonds. The number of carbonyl (C=O) groups excluding carboxylic acids is 2. The average molecular weight is 481 g/mol. The van der Waals surface area contributed by atoms with E-state index in [1.165, 1.54) is 16.7 Å². The van der Waals surface area contributed by atoms with Crippen molar-refractivity contribution in [2.75, 3.05) is 5.75 Å². The minimum Gasteiger partial charge on any atom is -0.352 e. The van der Waals surface area contributed by atoms with Crippen LogP contribution in [0.25, 0.3) is 0 Å². The molecule has 7 heteroatoms. The Morgan fingerprint density at radius 1 is 1.03 bits per heavy atom. The fourth-order valence-electron chi connectivity index (χ4n) is 3.31. The van der Waals surface area contributed by atoms with Crippen LogP contribution >= 0.6 is 35.0 Å². The summed E-state index contributed by atoms with van der Waals surface area (Å²) in [7, 11) is 0. The van der Waals surface area contributed by atoms with E-state index in [2.05, 4.69) is 37.4 Å². The summed E-state index contributed by atoms with van der Waals surface area (Å²) in [5.74, 6) is 0.716. The summed E-state index contributed by atoms with van der Waals surface area (Å²) in [6.45, 7) is 9.91. The molecule has 0 spiro atoms. The first-order valence-electron chi connectivity index (χ1n) is 10.3. The maximum absolute atomic E-state index is 13.1. The van der Waals surface area contributed by atoms with Gasteiger partial charge in [-0.15, -0.1) is 11.8 Å². The van der Waals surface area contributed by atoms with Crippen molar-refractivity contribution in [3.63, 3.8) is 0 Å². The Morgan fingerprint density at radius 3 is 2.26 bits per heavy atom. The summed E-state index contributed by atoms with van der Waals surface area (Å²) >= 11 is 13.9. The van der Waals surface area contributed by atoms with Gasteiger partial charge in [-0.25, -0.2) is 0 Å². The minimum absolute atomic E-state index is 0.00930. The lowest BCUT2D eigenvalue weighted by Gasteiger charge is -2.29. The molecule has 4 nitrogen and oxygen atoms in total. The molecule has 168 valence electrons. The molecule has 0 aliphatic heterocycles. The second-order valence-electron chi connectivity index (χ2n) is 8.09. The Hall–Kier alpha value is -1.69. The highest BCUT2D eigenvalue weighted by molar-refractivity contribution is 7.99. The molecule has 0 saturated carbocycles. The number of hydrogen-bond acceptors (Lipinski definition) is 3. The Kier molecular flexibility index (Phi) is 9.73. The molecule has 0 heterocycles. The lowest BCUT2D eigenvalue weighted by Crippen LogP contribution is -2.49. The quantitative estimate of drug-likeness (QED) is 0.494. The zero-order valence-electron chi connectivity index (χ0n) is 18.7. The van der Waals surface area contributed by atoms with Crippen LogP contribution in [0.3, 0.4) is 0 Å². The van der Waals surface area contributed by atoms with E-state index < -0.39 is 6.04 Å². The first-order chi connectivity index (χ1) is 14.6. The second-order valence-corrected chi connectivity index (χ2v) is 9.91. The maximum atomic E-state index is 13.1. The Morgan fingerprint density at radius 2 is 1.68 bits per heavy atom. The minimum atomic E-state index is -0.622. The van der Waals surface area contributed by atoms with E-state index >= 15 is 0 Å². The van der Waals surface area contributed by atoms with Crippen LogP contribution in [0.2, 0.25) is 10.0 Å². The molecule has 2 aromatic carbocycles. The van der Waals surface area contributed by atoms with E-state index in [-0.39, 0.29) is 30.2 Å². The summed E-state index contributed by atoms with van der Waals surface area (Å²) in [4.78, 5) is 27.4. The molecule has 0 bridgehead atoms. The smallest absolute Gasteiger partial charge is 0.242 e. The van der Waals surface area contributed by atoms with Gasteiger partial charge in [0.2, 0.25) is 11.8 Å². The summed E-state index contributed by atoms with van der Waals surface area (Å²) in [6, 6.07) is 10.9. The van der Waals surface area contributed by atoms with Crippen LogP contribution in [0.15, 0.2) is 36.4 Å². The van der Waals surface area contributed by atoms with Gasteiger partial charge in [-0.2, -0.15) is 0 Å². The number of nitrogens with one attached hydrogen (secondary N) is 1. The lowest BCUT2D eigenvalue weighted by molar-refractivity contribution is -0.138. The van der Waals surface area contributed by atoms with E-state index in [4.69, 9.17) is 23.2 Å². The van der Waals surface area contributed by atoms with Gasteiger partial charge < -0.3 is 10.2 Å². The van der Waals surface area contributed by atoms with Crippen LogP contribution in [0.5, 0.6) is 0 Å². The molecule has 1 atom stereocenters. The van der Waals surface area contributed by atoms with Gasteiger partial charge in [0.25, 0.3) is 0 Å². The molecular formula is C24H30Cl2N2O2S.